The van der Waals surface area contributed by atoms with Crippen LogP contribution in [0.2, 0.25) is 0 Å². The molecule has 46 valence electrons. The first-order chi connectivity index (χ1) is 4.18. The van der Waals surface area contributed by atoms with Crippen molar-refractivity contribution in [2.75, 3.05) is 0 Å². The Bertz CT molecular complexity index is 141. The predicted octanol–water partition coefficient (Wildman–Crippen LogP) is -1.57. The summed E-state index contributed by atoms with van der Waals surface area (Å²) < 4.78 is 0. The van der Waals surface area contributed by atoms with E-state index in [0.717, 1.165) is 0 Å². The second-order valence-electron chi connectivity index (χ2n) is 1.36. The van der Waals surface area contributed by atoms with Crippen LogP contribution in [0.15, 0.2) is 0 Å². The van der Waals surface area contributed by atoms with Gasteiger partial charge in [-0.25, -0.2) is 4.79 Å². The van der Waals surface area contributed by atoms with Gasteiger partial charge in [-0.15, -0.1) is 0 Å². The molecule has 2 N–H and O–H groups in total. The number of amides is 4. The third-order valence-corrected chi connectivity index (χ3v) is 0.681. The van der Waals surface area contributed by atoms with E-state index in [1.807, 2.05) is 0 Å². The predicted molar refractivity (Wildman–Crippen MR) is 24.9 cm³/mol. The third-order valence-electron chi connectivity index (χ3n) is 0.681. The zero-order valence-electron chi connectivity index (χ0n) is 4.22. The molecule has 9 heavy (non-hydrogen) atoms. The van der Waals surface area contributed by atoms with Crippen molar-refractivity contribution < 1.29 is 14.4 Å². The van der Waals surface area contributed by atoms with E-state index in [4.69, 9.17) is 0 Å². The molecular weight excluding hydrogens is 124 g/mol. The van der Waals surface area contributed by atoms with Crippen LogP contribution in [-0.4, -0.2) is 17.8 Å². The van der Waals surface area contributed by atoms with Crippen molar-refractivity contribution in [2.45, 2.75) is 0 Å². The molecule has 4 amide bonds. The average molecular weight is 126 g/mol. The molecule has 0 spiro atoms. The van der Waals surface area contributed by atoms with Crippen molar-refractivity contribution in [3.05, 3.63) is 6.42 Å². The maximum absolute atomic E-state index is 10.2. The standard InChI is InChI=1S/C4H2N2O3/c7-2-1-3(8)6-4(9)5-2/h(H2,5,6,7,8,9). The molecule has 0 saturated carbocycles. The Morgan fingerprint density at radius 2 is 1.44 bits per heavy atom. The van der Waals surface area contributed by atoms with Gasteiger partial charge in [0.1, 0.15) is 0 Å². The van der Waals surface area contributed by atoms with Crippen molar-refractivity contribution >= 4 is 17.8 Å². The molecule has 0 aromatic rings. The Morgan fingerprint density at radius 3 is 1.78 bits per heavy atom. The van der Waals surface area contributed by atoms with E-state index in [1.165, 1.54) is 0 Å². The largest absolute Gasteiger partial charge is 0.328 e. The molecule has 0 aliphatic carbocycles. The normalized spacial score (nSPS) is 18.9. The Morgan fingerprint density at radius 1 is 1.00 bits per heavy atom. The van der Waals surface area contributed by atoms with Gasteiger partial charge in [0.25, 0.3) is 0 Å². The van der Waals surface area contributed by atoms with Crippen LogP contribution in [0.3, 0.4) is 0 Å². The topological polar surface area (TPSA) is 75.3 Å². The second-order valence-corrected chi connectivity index (χ2v) is 1.36. The molecule has 1 aliphatic rings. The lowest BCUT2D eigenvalue weighted by atomic mass is 10.3. The number of hydrogen-bond acceptors (Lipinski definition) is 3. The SMILES string of the molecule is O=C1[C]C(=O)NC(=O)N1. The number of barbiturate groups is 1. The van der Waals surface area contributed by atoms with Gasteiger partial charge in [0.05, 0.1) is 0 Å². The summed E-state index contributed by atoms with van der Waals surface area (Å²) in [5, 5.41) is 3.58. The monoisotopic (exact) mass is 126 g/mol. The first-order valence-corrected chi connectivity index (χ1v) is 2.11. The summed E-state index contributed by atoms with van der Waals surface area (Å²) in [6.07, 6.45) is 1.79. The number of urea groups is 1. The minimum absolute atomic E-state index is 0.802. The summed E-state index contributed by atoms with van der Waals surface area (Å²) in [6.45, 7) is 0. The summed E-state index contributed by atoms with van der Waals surface area (Å²) in [7, 11) is 0. The van der Waals surface area contributed by atoms with E-state index < -0.39 is 17.8 Å². The van der Waals surface area contributed by atoms with Gasteiger partial charge in [0, 0.05) is 0 Å². The van der Waals surface area contributed by atoms with E-state index >= 15 is 0 Å². The van der Waals surface area contributed by atoms with Gasteiger partial charge in [-0.1, -0.05) is 0 Å². The average Bonchev–Trinajstić information content (AvgIpc) is 1.59. The first kappa shape index (κ1) is 5.74. The zero-order valence-corrected chi connectivity index (χ0v) is 4.22. The van der Waals surface area contributed by atoms with Crippen molar-refractivity contribution in [3.8, 4) is 0 Å². The molecular formula is C4H2N2O3. The Labute approximate surface area is 50.4 Å². The van der Waals surface area contributed by atoms with Gasteiger partial charge in [-0.3, -0.25) is 20.2 Å². The molecule has 5 heteroatoms. The highest BCUT2D eigenvalue weighted by Gasteiger charge is 2.21. The van der Waals surface area contributed by atoms with Crippen molar-refractivity contribution in [1.82, 2.24) is 10.6 Å². The quantitative estimate of drug-likeness (QED) is 0.412. The third kappa shape index (κ3) is 1.25. The molecule has 1 aliphatic heterocycles. The number of rotatable bonds is 0. The summed E-state index contributed by atoms with van der Waals surface area (Å²) >= 11 is 0. The molecule has 0 unspecified atom stereocenters. The Hall–Kier alpha value is -1.39. The molecule has 0 aromatic heterocycles. The van der Waals surface area contributed by atoms with E-state index in [2.05, 4.69) is 0 Å². The van der Waals surface area contributed by atoms with Crippen LogP contribution in [0.25, 0.3) is 0 Å². The van der Waals surface area contributed by atoms with Gasteiger partial charge in [0.2, 0.25) is 11.8 Å². The van der Waals surface area contributed by atoms with Crippen LogP contribution < -0.4 is 10.6 Å². The van der Waals surface area contributed by atoms with Gasteiger partial charge < -0.3 is 0 Å². The molecule has 1 rings (SSSR count). The summed E-state index contributed by atoms with van der Waals surface area (Å²) in [5.41, 5.74) is 0. The lowest BCUT2D eigenvalue weighted by molar-refractivity contribution is -0.124. The van der Waals surface area contributed by atoms with Crippen LogP contribution >= 0.6 is 0 Å². The molecule has 0 atom stereocenters. The van der Waals surface area contributed by atoms with Gasteiger partial charge in [-0.05, 0) is 0 Å². The smallest absolute Gasteiger partial charge is 0.277 e. The highest BCUT2D eigenvalue weighted by Crippen LogP contribution is 1.84. The van der Waals surface area contributed by atoms with Crippen LogP contribution in [0.1, 0.15) is 0 Å². The fourth-order valence-electron chi connectivity index (χ4n) is 0.403. The minimum atomic E-state index is -0.802. The Balaban J connectivity index is 2.64. The molecule has 1 saturated heterocycles. The van der Waals surface area contributed by atoms with Gasteiger partial charge in [-0.2, -0.15) is 0 Å². The van der Waals surface area contributed by atoms with Crippen molar-refractivity contribution in [2.24, 2.45) is 0 Å². The van der Waals surface area contributed by atoms with E-state index in [9.17, 15) is 14.4 Å². The molecule has 5 nitrogen and oxygen atoms in total. The van der Waals surface area contributed by atoms with Crippen LogP contribution in [0.4, 0.5) is 4.79 Å². The molecule has 0 aromatic carbocycles. The summed E-state index contributed by atoms with van der Waals surface area (Å²) in [5.74, 6) is -1.60. The fourth-order valence-corrected chi connectivity index (χ4v) is 0.403. The summed E-state index contributed by atoms with van der Waals surface area (Å²) in [6, 6.07) is -0.802. The van der Waals surface area contributed by atoms with Crippen molar-refractivity contribution in [3.63, 3.8) is 0 Å². The minimum Gasteiger partial charge on any atom is -0.277 e. The maximum atomic E-state index is 10.2. The van der Waals surface area contributed by atoms with Gasteiger partial charge >= 0.3 is 6.03 Å². The lowest BCUT2D eigenvalue weighted by Crippen LogP contribution is -2.50. The Kier molecular flexibility index (Phi) is 1.18. The second kappa shape index (κ2) is 1.85. The number of nitrogens with one attached hydrogen (secondary N) is 2. The number of hydrogen-bond donors (Lipinski definition) is 2. The molecule has 0 bridgehead atoms. The zero-order chi connectivity index (χ0) is 6.85. The fraction of sp³-hybridized carbons (Fsp3) is 0. The number of carbonyl (C=O) groups is 3. The van der Waals surface area contributed by atoms with Crippen LogP contribution in [0, 0.1) is 6.42 Å². The van der Waals surface area contributed by atoms with Crippen molar-refractivity contribution in [1.29, 1.82) is 0 Å². The van der Waals surface area contributed by atoms with E-state index in [1.54, 1.807) is 17.1 Å². The van der Waals surface area contributed by atoms with E-state index in [0.29, 0.717) is 0 Å². The molecule has 1 fully saturated rings. The number of imide groups is 2. The van der Waals surface area contributed by atoms with E-state index in [-0.39, 0.29) is 0 Å². The molecule has 2 radical (unpaired) electrons. The van der Waals surface area contributed by atoms with Gasteiger partial charge in [0.15, 0.2) is 6.42 Å². The molecule has 1 heterocycles. The van der Waals surface area contributed by atoms with Crippen LogP contribution in [0.5, 0.6) is 0 Å². The highest BCUT2D eigenvalue weighted by atomic mass is 16.2. The highest BCUT2D eigenvalue weighted by molar-refractivity contribution is 6.21. The maximum Gasteiger partial charge on any atom is 0.328 e. The van der Waals surface area contributed by atoms with Crippen LogP contribution in [-0.2, 0) is 9.59 Å². The first-order valence-electron chi connectivity index (χ1n) is 2.11. The summed E-state index contributed by atoms with van der Waals surface area (Å²) in [4.78, 5) is 30.5. The lowest BCUT2D eigenvalue weighted by Gasteiger charge is -2.08. The number of carbonyl (C=O) groups excluding carboxylic acids is 3.